The summed E-state index contributed by atoms with van der Waals surface area (Å²) < 4.78 is 6.87. The van der Waals surface area contributed by atoms with E-state index in [0.29, 0.717) is 0 Å². The minimum atomic E-state index is 0.878. The van der Waals surface area contributed by atoms with Crippen LogP contribution in [0.15, 0.2) is 199 Å². The van der Waals surface area contributed by atoms with E-state index in [-0.39, 0.29) is 0 Å². The smallest absolute Gasteiger partial charge is 0.145 e. The predicted molar refractivity (Wildman–Crippen MR) is 232 cm³/mol. The van der Waals surface area contributed by atoms with Crippen molar-refractivity contribution >= 4 is 72.2 Å². The predicted octanol–water partition coefficient (Wildman–Crippen LogP) is 14.8. The van der Waals surface area contributed by atoms with Gasteiger partial charge >= 0.3 is 0 Å². The van der Waals surface area contributed by atoms with Gasteiger partial charge in [0.15, 0.2) is 0 Å². The molecule has 0 bridgehead atoms. The second kappa shape index (κ2) is 12.8. The molecule has 1 aliphatic rings. The van der Waals surface area contributed by atoms with Gasteiger partial charge in [-0.05, 0) is 97.9 Å². The van der Waals surface area contributed by atoms with Gasteiger partial charge in [-0.25, -0.2) is 0 Å². The fraction of sp³-hybridized carbons (Fsp3) is 0.0189. The maximum absolute atomic E-state index is 6.87. The number of furan rings is 1. The zero-order valence-electron chi connectivity index (χ0n) is 30.1. The number of para-hydroxylation sites is 1. The van der Waals surface area contributed by atoms with Crippen molar-refractivity contribution < 1.29 is 4.42 Å². The van der Waals surface area contributed by atoms with Crippen LogP contribution in [0.5, 0.6) is 0 Å². The van der Waals surface area contributed by atoms with Crippen LogP contribution in [0.4, 0.5) is 17.1 Å². The van der Waals surface area contributed by atoms with Gasteiger partial charge in [0.25, 0.3) is 0 Å². The van der Waals surface area contributed by atoms with Gasteiger partial charge in [-0.1, -0.05) is 164 Å². The number of nitrogens with zero attached hydrogens (tertiary/aromatic N) is 1. The van der Waals surface area contributed by atoms with Gasteiger partial charge in [0.1, 0.15) is 11.2 Å². The first kappa shape index (κ1) is 31.4. The second-order valence-electron chi connectivity index (χ2n) is 14.5. The van der Waals surface area contributed by atoms with Gasteiger partial charge in [-0.2, -0.15) is 0 Å². The molecule has 0 atom stereocenters. The molecule has 0 N–H and O–H groups in total. The molecule has 11 rings (SSSR count). The highest BCUT2D eigenvalue weighted by Gasteiger charge is 2.28. The lowest BCUT2D eigenvalue weighted by Crippen LogP contribution is -2.12. The molecular weight excluding hydrogens is 667 g/mol. The molecule has 0 radical (unpaired) electrons. The third-order valence-electron chi connectivity index (χ3n) is 11.2. The summed E-state index contributed by atoms with van der Waals surface area (Å²) in [5.41, 5.74) is 15.0. The quantitative estimate of drug-likeness (QED) is 0.172. The number of rotatable bonds is 6. The summed E-state index contributed by atoms with van der Waals surface area (Å²) in [6.07, 6.45) is 3.31. The number of hydrogen-bond donors (Lipinski definition) is 0. The van der Waals surface area contributed by atoms with E-state index < -0.39 is 0 Å². The molecule has 0 fully saturated rings. The normalized spacial score (nSPS) is 12.4. The van der Waals surface area contributed by atoms with Gasteiger partial charge in [-0.15, -0.1) is 0 Å². The van der Waals surface area contributed by atoms with Crippen LogP contribution in [0.1, 0.15) is 16.7 Å². The molecule has 258 valence electrons. The highest BCUT2D eigenvalue weighted by Crippen LogP contribution is 2.53. The first-order chi connectivity index (χ1) is 27.3. The molecule has 2 nitrogen and oxygen atoms in total. The molecule has 0 aliphatic heterocycles. The Morgan fingerprint density at radius 2 is 1.05 bits per heavy atom. The molecule has 0 spiro atoms. The summed E-state index contributed by atoms with van der Waals surface area (Å²) in [5.74, 6) is 0. The van der Waals surface area contributed by atoms with Crippen molar-refractivity contribution in [1.82, 2.24) is 0 Å². The average Bonchev–Trinajstić information content (AvgIpc) is 3.87. The first-order valence-electron chi connectivity index (χ1n) is 19.0. The van der Waals surface area contributed by atoms with E-state index in [1.807, 2.05) is 0 Å². The maximum atomic E-state index is 6.87. The van der Waals surface area contributed by atoms with Crippen molar-refractivity contribution in [2.75, 3.05) is 4.90 Å². The third-order valence-corrected chi connectivity index (χ3v) is 11.2. The van der Waals surface area contributed by atoms with Crippen molar-refractivity contribution in [3.8, 4) is 22.3 Å². The van der Waals surface area contributed by atoms with Gasteiger partial charge in [0.2, 0.25) is 0 Å². The summed E-state index contributed by atoms with van der Waals surface area (Å²) in [6, 6.07) is 70.1. The zero-order valence-corrected chi connectivity index (χ0v) is 30.1. The summed E-state index contributed by atoms with van der Waals surface area (Å²) in [7, 11) is 0. The van der Waals surface area contributed by atoms with Crippen molar-refractivity contribution in [2.24, 2.45) is 0 Å². The molecule has 0 amide bonds. The maximum Gasteiger partial charge on any atom is 0.145 e. The van der Waals surface area contributed by atoms with Gasteiger partial charge in [0, 0.05) is 27.7 Å². The molecule has 1 aromatic heterocycles. The highest BCUT2D eigenvalue weighted by molar-refractivity contribution is 6.27. The van der Waals surface area contributed by atoms with Crippen LogP contribution < -0.4 is 4.90 Å². The largest absolute Gasteiger partial charge is 0.455 e. The van der Waals surface area contributed by atoms with Gasteiger partial charge < -0.3 is 9.32 Å². The van der Waals surface area contributed by atoms with Crippen molar-refractivity contribution in [3.63, 3.8) is 0 Å². The summed E-state index contributed by atoms with van der Waals surface area (Å²) in [4.78, 5) is 2.46. The molecule has 1 heterocycles. The topological polar surface area (TPSA) is 16.4 Å². The summed E-state index contributed by atoms with van der Waals surface area (Å²) in [6.45, 7) is 0. The third kappa shape index (κ3) is 5.26. The summed E-state index contributed by atoms with van der Waals surface area (Å²) in [5, 5.41) is 6.86. The van der Waals surface area contributed by atoms with E-state index in [9.17, 15) is 0 Å². The van der Waals surface area contributed by atoms with Crippen molar-refractivity contribution in [2.45, 2.75) is 6.42 Å². The van der Waals surface area contributed by atoms with Crippen LogP contribution in [-0.2, 0) is 6.42 Å². The van der Waals surface area contributed by atoms with Gasteiger partial charge in [0.05, 0.1) is 11.1 Å². The van der Waals surface area contributed by atoms with Crippen molar-refractivity contribution in [1.29, 1.82) is 0 Å². The molecule has 55 heavy (non-hydrogen) atoms. The lowest BCUT2D eigenvalue weighted by Gasteiger charge is -2.30. The monoisotopic (exact) mass is 701 g/mol. The SMILES string of the molecule is C1=C(c2ccccc2)Cc2ccc(-c3c(N(c4ccc(-c5ccccc5)cc4)c4ccc5ccccc5c4)c4c5ccccc5oc4c4ccccc34)cc21. The Morgan fingerprint density at radius 3 is 1.85 bits per heavy atom. The first-order valence-corrected chi connectivity index (χ1v) is 19.0. The standard InChI is InChI=1S/C53H35NO/c1-3-13-35(14-4-1)38-25-28-44(29-26-38)54(45-30-27-37-17-7-8-18-39(37)34-45)52-50(41-24-23-40-31-42(33-43(40)32-41)36-15-5-2-6-16-36)46-19-9-10-20-47(46)53-51(52)48-21-11-12-22-49(48)55-53/h1-30,32-34H,31H2. The molecule has 10 aromatic rings. The van der Waals surface area contributed by atoms with E-state index in [2.05, 4.69) is 205 Å². The Balaban J connectivity index is 1.24. The van der Waals surface area contributed by atoms with Gasteiger partial charge in [-0.3, -0.25) is 0 Å². The second-order valence-corrected chi connectivity index (χ2v) is 14.5. The Hall–Kier alpha value is -7.16. The Labute approximate surface area is 319 Å². The fourth-order valence-corrected chi connectivity index (χ4v) is 8.62. The molecule has 2 heteroatoms. The van der Waals surface area contributed by atoms with Crippen LogP contribution in [0, 0.1) is 0 Å². The zero-order chi connectivity index (χ0) is 36.3. The summed E-state index contributed by atoms with van der Waals surface area (Å²) >= 11 is 0. The molecule has 1 aliphatic carbocycles. The van der Waals surface area contributed by atoms with Crippen LogP contribution in [-0.4, -0.2) is 0 Å². The van der Waals surface area contributed by atoms with E-state index >= 15 is 0 Å². The van der Waals surface area contributed by atoms with Crippen LogP contribution >= 0.6 is 0 Å². The Bertz CT molecular complexity index is 3100. The number of fused-ring (bicyclic) bond motifs is 7. The number of anilines is 3. The van der Waals surface area contributed by atoms with E-state index in [0.717, 1.165) is 56.2 Å². The highest BCUT2D eigenvalue weighted by atomic mass is 16.3. The van der Waals surface area contributed by atoms with E-state index in [1.54, 1.807) is 0 Å². The minimum Gasteiger partial charge on any atom is -0.455 e. The fourth-order valence-electron chi connectivity index (χ4n) is 8.62. The van der Waals surface area contributed by atoms with Crippen LogP contribution in [0.2, 0.25) is 0 Å². The lowest BCUT2D eigenvalue weighted by atomic mass is 9.90. The molecule has 9 aromatic carbocycles. The molecule has 0 saturated heterocycles. The van der Waals surface area contributed by atoms with Crippen molar-refractivity contribution in [3.05, 3.63) is 211 Å². The number of hydrogen-bond acceptors (Lipinski definition) is 2. The van der Waals surface area contributed by atoms with E-state index in [4.69, 9.17) is 4.42 Å². The lowest BCUT2D eigenvalue weighted by molar-refractivity contribution is 0.672. The molecule has 0 saturated carbocycles. The average molecular weight is 702 g/mol. The van der Waals surface area contributed by atoms with Crippen LogP contribution in [0.25, 0.3) is 77.4 Å². The van der Waals surface area contributed by atoms with E-state index in [1.165, 1.54) is 55.3 Å². The minimum absolute atomic E-state index is 0.878. The molecular formula is C53H35NO. The Morgan fingerprint density at radius 1 is 0.436 bits per heavy atom. The number of allylic oxidation sites excluding steroid dienone is 1. The van der Waals surface area contributed by atoms with Crippen LogP contribution in [0.3, 0.4) is 0 Å². The number of benzene rings is 9. The molecule has 0 unspecified atom stereocenters. The Kier molecular flexibility index (Phi) is 7.28.